The van der Waals surface area contributed by atoms with E-state index in [1.165, 1.54) is 14.0 Å². The molecular formula is C21H25N5O4. The van der Waals surface area contributed by atoms with Crippen LogP contribution in [-0.4, -0.2) is 36.9 Å². The maximum Gasteiger partial charge on any atom is 0.328 e. The van der Waals surface area contributed by atoms with E-state index in [-0.39, 0.29) is 30.7 Å². The highest BCUT2D eigenvalue weighted by Crippen LogP contribution is 2.14. The quantitative estimate of drug-likeness (QED) is 0.286. The van der Waals surface area contributed by atoms with E-state index >= 15 is 0 Å². The van der Waals surface area contributed by atoms with Gasteiger partial charge in [-0.1, -0.05) is 30.3 Å². The third-order valence-corrected chi connectivity index (χ3v) is 4.11. The Bertz CT molecular complexity index is 954. The van der Waals surface area contributed by atoms with Gasteiger partial charge in [0.05, 0.1) is 12.8 Å². The highest BCUT2D eigenvalue weighted by atomic mass is 16.5. The van der Waals surface area contributed by atoms with Gasteiger partial charge in [-0.05, 0) is 29.3 Å². The van der Waals surface area contributed by atoms with Crippen molar-refractivity contribution in [3.8, 4) is 0 Å². The van der Waals surface area contributed by atoms with Crippen LogP contribution in [0.25, 0.3) is 0 Å². The van der Waals surface area contributed by atoms with E-state index in [2.05, 4.69) is 15.6 Å². The van der Waals surface area contributed by atoms with Crippen LogP contribution in [0, 0.1) is 0 Å². The first-order valence-electron chi connectivity index (χ1n) is 9.19. The van der Waals surface area contributed by atoms with Crippen molar-refractivity contribution < 1.29 is 19.1 Å². The van der Waals surface area contributed by atoms with Gasteiger partial charge in [0, 0.05) is 25.5 Å². The minimum atomic E-state index is -0.782. The minimum absolute atomic E-state index is 0.0890. The van der Waals surface area contributed by atoms with Crippen LogP contribution in [0.3, 0.4) is 0 Å². The summed E-state index contributed by atoms with van der Waals surface area (Å²) in [4.78, 5) is 39.6. The molecule has 0 radical (unpaired) electrons. The van der Waals surface area contributed by atoms with Gasteiger partial charge in [-0.3, -0.25) is 9.59 Å². The molecule has 0 heterocycles. The third kappa shape index (κ3) is 6.93. The molecule has 0 bridgehead atoms. The molecule has 30 heavy (non-hydrogen) atoms. The molecule has 0 aromatic heterocycles. The summed E-state index contributed by atoms with van der Waals surface area (Å²) >= 11 is 0. The fourth-order valence-electron chi connectivity index (χ4n) is 2.83. The standard InChI is InChI=1S/C21H25N5O4/c1-13(27)25-18(20(29)30-2)10-14-5-3-6-15(9-14)12-24-19(28)16-7-4-8-17(11-16)26-21(22)23/h3-9,11,18H,10,12H2,1-2H3,(H,24,28)(H,25,27)(H4,22,23,26). The van der Waals surface area contributed by atoms with Gasteiger partial charge < -0.3 is 26.8 Å². The van der Waals surface area contributed by atoms with Crippen molar-refractivity contribution in [1.29, 1.82) is 0 Å². The van der Waals surface area contributed by atoms with E-state index in [0.717, 1.165) is 11.1 Å². The van der Waals surface area contributed by atoms with Crippen LogP contribution in [0.4, 0.5) is 5.69 Å². The lowest BCUT2D eigenvalue weighted by atomic mass is 10.0. The molecule has 2 rings (SSSR count). The lowest BCUT2D eigenvalue weighted by molar-refractivity contribution is -0.144. The second kappa shape index (κ2) is 10.6. The van der Waals surface area contributed by atoms with Crippen LogP contribution in [0.15, 0.2) is 53.5 Å². The van der Waals surface area contributed by atoms with Gasteiger partial charge in [-0.25, -0.2) is 9.79 Å². The van der Waals surface area contributed by atoms with Gasteiger partial charge in [0.2, 0.25) is 5.91 Å². The Morgan fingerprint density at radius 2 is 1.77 bits per heavy atom. The monoisotopic (exact) mass is 411 g/mol. The van der Waals surface area contributed by atoms with Crippen LogP contribution in [-0.2, 0) is 27.3 Å². The number of aliphatic imine (C=N–C) groups is 1. The van der Waals surface area contributed by atoms with E-state index in [1.54, 1.807) is 24.3 Å². The van der Waals surface area contributed by atoms with E-state index in [4.69, 9.17) is 16.2 Å². The number of nitrogens with one attached hydrogen (secondary N) is 2. The molecule has 1 unspecified atom stereocenters. The lowest BCUT2D eigenvalue weighted by Crippen LogP contribution is -2.42. The molecule has 0 saturated heterocycles. The number of nitrogens with two attached hydrogens (primary N) is 2. The molecule has 2 aromatic carbocycles. The zero-order valence-corrected chi connectivity index (χ0v) is 16.8. The van der Waals surface area contributed by atoms with Gasteiger partial charge in [0.25, 0.3) is 5.91 Å². The fourth-order valence-corrected chi connectivity index (χ4v) is 2.83. The predicted molar refractivity (Wildman–Crippen MR) is 113 cm³/mol. The number of methoxy groups -OCH3 is 1. The minimum Gasteiger partial charge on any atom is -0.467 e. The van der Waals surface area contributed by atoms with Gasteiger partial charge in [-0.2, -0.15) is 0 Å². The Balaban J connectivity index is 2.04. The number of ether oxygens (including phenoxy) is 1. The molecular weight excluding hydrogens is 386 g/mol. The van der Waals surface area contributed by atoms with Gasteiger partial charge >= 0.3 is 5.97 Å². The Hall–Kier alpha value is -3.88. The summed E-state index contributed by atoms with van der Waals surface area (Å²) in [6.07, 6.45) is 0.272. The Morgan fingerprint density at radius 3 is 2.43 bits per heavy atom. The van der Waals surface area contributed by atoms with Crippen LogP contribution in [0.2, 0.25) is 0 Å². The fraction of sp³-hybridized carbons (Fsp3) is 0.238. The molecule has 0 saturated carbocycles. The SMILES string of the molecule is COC(=O)C(Cc1cccc(CNC(=O)c2cccc(N=C(N)N)c2)c1)NC(C)=O. The molecule has 0 fully saturated rings. The predicted octanol–water partition coefficient (Wildman–Crippen LogP) is 0.742. The number of carbonyl (C=O) groups excluding carboxylic acids is 3. The van der Waals surface area contributed by atoms with E-state index < -0.39 is 12.0 Å². The number of carbonyl (C=O) groups is 3. The van der Waals surface area contributed by atoms with Crippen molar-refractivity contribution in [1.82, 2.24) is 10.6 Å². The molecule has 0 aliphatic carbocycles. The van der Waals surface area contributed by atoms with Crippen molar-refractivity contribution in [2.75, 3.05) is 7.11 Å². The molecule has 158 valence electrons. The Kier molecular flexibility index (Phi) is 7.92. The number of benzene rings is 2. The van der Waals surface area contributed by atoms with Crippen LogP contribution in [0.1, 0.15) is 28.4 Å². The first kappa shape index (κ1) is 22.4. The van der Waals surface area contributed by atoms with Crippen molar-refractivity contribution in [2.45, 2.75) is 25.9 Å². The first-order chi connectivity index (χ1) is 14.3. The number of rotatable bonds is 8. The molecule has 9 heteroatoms. The Morgan fingerprint density at radius 1 is 1.07 bits per heavy atom. The summed E-state index contributed by atoms with van der Waals surface area (Å²) in [5.74, 6) is -1.21. The molecule has 2 aromatic rings. The molecule has 1 atom stereocenters. The highest BCUT2D eigenvalue weighted by Gasteiger charge is 2.20. The van der Waals surface area contributed by atoms with Crippen LogP contribution >= 0.6 is 0 Å². The average molecular weight is 411 g/mol. The summed E-state index contributed by atoms with van der Waals surface area (Å²) in [6, 6.07) is 13.2. The summed E-state index contributed by atoms with van der Waals surface area (Å²) in [6.45, 7) is 1.62. The number of hydrogen-bond acceptors (Lipinski definition) is 5. The highest BCUT2D eigenvalue weighted by molar-refractivity contribution is 5.95. The molecule has 0 aliphatic rings. The topological polar surface area (TPSA) is 149 Å². The molecule has 2 amide bonds. The summed E-state index contributed by atoms with van der Waals surface area (Å²) in [5, 5.41) is 5.41. The smallest absolute Gasteiger partial charge is 0.328 e. The number of hydrogen-bond donors (Lipinski definition) is 4. The second-order valence-corrected chi connectivity index (χ2v) is 6.57. The average Bonchev–Trinajstić information content (AvgIpc) is 2.70. The lowest BCUT2D eigenvalue weighted by Gasteiger charge is -2.16. The number of nitrogens with zero attached hydrogens (tertiary/aromatic N) is 1. The number of guanidine groups is 1. The second-order valence-electron chi connectivity index (χ2n) is 6.57. The van der Waals surface area contributed by atoms with Gasteiger partial charge in [0.1, 0.15) is 6.04 Å². The molecule has 0 spiro atoms. The zero-order valence-electron chi connectivity index (χ0n) is 16.8. The summed E-state index contributed by atoms with van der Waals surface area (Å²) < 4.78 is 4.74. The van der Waals surface area contributed by atoms with Crippen LogP contribution < -0.4 is 22.1 Å². The number of amides is 2. The van der Waals surface area contributed by atoms with E-state index in [1.807, 2.05) is 24.3 Å². The van der Waals surface area contributed by atoms with Crippen molar-refractivity contribution >= 4 is 29.4 Å². The van der Waals surface area contributed by atoms with E-state index in [9.17, 15) is 14.4 Å². The van der Waals surface area contributed by atoms with Crippen LogP contribution in [0.5, 0.6) is 0 Å². The number of esters is 1. The molecule has 0 aliphatic heterocycles. The van der Waals surface area contributed by atoms with Gasteiger partial charge in [0.15, 0.2) is 5.96 Å². The van der Waals surface area contributed by atoms with Crippen molar-refractivity contribution in [2.24, 2.45) is 16.5 Å². The summed E-state index contributed by atoms with van der Waals surface area (Å²) in [5.41, 5.74) is 13.3. The zero-order chi connectivity index (χ0) is 22.1. The normalized spacial score (nSPS) is 11.1. The molecule has 6 N–H and O–H groups in total. The maximum atomic E-state index is 12.4. The maximum absolute atomic E-state index is 12.4. The first-order valence-corrected chi connectivity index (χ1v) is 9.19. The summed E-state index contributed by atoms with van der Waals surface area (Å²) in [7, 11) is 1.27. The van der Waals surface area contributed by atoms with Crippen molar-refractivity contribution in [3.63, 3.8) is 0 Å². The van der Waals surface area contributed by atoms with Crippen molar-refractivity contribution in [3.05, 3.63) is 65.2 Å². The largest absolute Gasteiger partial charge is 0.467 e. The third-order valence-electron chi connectivity index (χ3n) is 4.11. The molecule has 9 nitrogen and oxygen atoms in total. The van der Waals surface area contributed by atoms with Gasteiger partial charge in [-0.15, -0.1) is 0 Å². The Labute approximate surface area is 174 Å². The van der Waals surface area contributed by atoms with E-state index in [0.29, 0.717) is 11.3 Å².